The van der Waals surface area contributed by atoms with Crippen molar-refractivity contribution in [2.45, 2.75) is 0 Å². The van der Waals surface area contributed by atoms with Crippen LogP contribution in [0.4, 0.5) is 0 Å². The fraction of sp³-hybridized carbons (Fsp3) is 0.154. The molecular weight excluding hydrogens is 329 g/mol. The molecule has 1 aromatic carbocycles. The molecule has 17 heavy (non-hydrogen) atoms. The number of benzene rings is 1. The van der Waals surface area contributed by atoms with Gasteiger partial charge in [0.25, 0.3) is 0 Å². The van der Waals surface area contributed by atoms with Gasteiger partial charge in [0.1, 0.15) is 5.75 Å². The van der Waals surface area contributed by atoms with Crippen LogP contribution in [0.3, 0.4) is 0 Å². The molecule has 0 fully saturated rings. The molecule has 0 spiro atoms. The van der Waals surface area contributed by atoms with Crippen molar-refractivity contribution in [1.82, 2.24) is 4.57 Å². The molecule has 0 N–H and O–H groups in total. The summed E-state index contributed by atoms with van der Waals surface area (Å²) in [6.07, 6.45) is 1.85. The molecular formula is C13H12INO2. The Bertz CT molecular complexity index is 534. The van der Waals surface area contributed by atoms with Crippen molar-refractivity contribution in [1.29, 1.82) is 0 Å². The largest absolute Gasteiger partial charge is 0.485 e. The summed E-state index contributed by atoms with van der Waals surface area (Å²) in [7, 11) is 1.85. The van der Waals surface area contributed by atoms with E-state index in [9.17, 15) is 4.79 Å². The van der Waals surface area contributed by atoms with Crippen LogP contribution in [0.25, 0.3) is 0 Å². The number of ether oxygens (including phenoxy) is 1. The number of aromatic nitrogens is 1. The number of rotatable bonds is 4. The van der Waals surface area contributed by atoms with Gasteiger partial charge in [0.15, 0.2) is 6.61 Å². The molecule has 0 unspecified atom stereocenters. The van der Waals surface area contributed by atoms with Crippen LogP contribution in [-0.4, -0.2) is 17.0 Å². The topological polar surface area (TPSA) is 31.2 Å². The van der Waals surface area contributed by atoms with Crippen LogP contribution >= 0.6 is 22.6 Å². The van der Waals surface area contributed by atoms with E-state index >= 15 is 0 Å². The number of hydrogen-bond donors (Lipinski definition) is 0. The Morgan fingerprint density at radius 1 is 1.35 bits per heavy atom. The van der Waals surface area contributed by atoms with Crippen LogP contribution < -0.4 is 4.74 Å². The summed E-state index contributed by atoms with van der Waals surface area (Å²) in [5.74, 6) is 0.704. The number of nitrogens with zero attached hydrogens (tertiary/aromatic N) is 1. The Labute approximate surface area is 114 Å². The molecule has 2 rings (SSSR count). The lowest BCUT2D eigenvalue weighted by atomic mass is 10.3. The minimum atomic E-state index is -0.0173. The molecule has 0 atom stereocenters. The van der Waals surface area contributed by atoms with Gasteiger partial charge in [-0.1, -0.05) is 6.07 Å². The van der Waals surface area contributed by atoms with E-state index in [-0.39, 0.29) is 12.4 Å². The van der Waals surface area contributed by atoms with Crippen LogP contribution in [0.15, 0.2) is 42.6 Å². The summed E-state index contributed by atoms with van der Waals surface area (Å²) in [6, 6.07) is 11.3. The number of carbonyl (C=O) groups is 1. The van der Waals surface area contributed by atoms with Gasteiger partial charge in [-0.25, -0.2) is 0 Å². The number of ketones is 1. The van der Waals surface area contributed by atoms with Crippen molar-refractivity contribution in [2.75, 3.05) is 6.61 Å². The zero-order valence-corrected chi connectivity index (χ0v) is 11.5. The Morgan fingerprint density at radius 3 is 2.82 bits per heavy atom. The third-order valence-electron chi connectivity index (χ3n) is 2.40. The van der Waals surface area contributed by atoms with Crippen LogP contribution in [0, 0.1) is 3.57 Å². The molecule has 1 heterocycles. The second-order valence-corrected chi connectivity index (χ2v) is 4.92. The number of hydrogen-bond acceptors (Lipinski definition) is 2. The molecule has 0 aliphatic heterocycles. The summed E-state index contributed by atoms with van der Waals surface area (Å²) in [4.78, 5) is 11.8. The van der Waals surface area contributed by atoms with E-state index in [0.29, 0.717) is 5.69 Å². The molecule has 0 radical (unpaired) electrons. The van der Waals surface area contributed by atoms with Crippen LogP contribution in [-0.2, 0) is 7.05 Å². The molecule has 88 valence electrons. The number of aryl methyl sites for hydroxylation is 1. The third kappa shape index (κ3) is 3.09. The first-order chi connectivity index (χ1) is 8.16. The van der Waals surface area contributed by atoms with Crippen molar-refractivity contribution in [3.8, 4) is 5.75 Å². The molecule has 3 nitrogen and oxygen atoms in total. The summed E-state index contributed by atoms with van der Waals surface area (Å²) < 4.78 is 8.34. The van der Waals surface area contributed by atoms with Crippen molar-refractivity contribution in [3.63, 3.8) is 0 Å². The van der Waals surface area contributed by atoms with E-state index in [1.807, 2.05) is 43.6 Å². The molecule has 0 saturated heterocycles. The highest BCUT2D eigenvalue weighted by Gasteiger charge is 2.09. The SMILES string of the molecule is Cn1cccc1C(=O)COc1cccc(I)c1. The van der Waals surface area contributed by atoms with E-state index in [4.69, 9.17) is 4.74 Å². The molecule has 2 aromatic rings. The second-order valence-electron chi connectivity index (χ2n) is 3.67. The van der Waals surface area contributed by atoms with Crippen LogP contribution in [0.1, 0.15) is 10.5 Å². The predicted molar refractivity (Wildman–Crippen MR) is 74.4 cm³/mol. The fourth-order valence-electron chi connectivity index (χ4n) is 1.53. The molecule has 0 saturated carbocycles. The maximum absolute atomic E-state index is 11.8. The maximum atomic E-state index is 11.8. The summed E-state index contributed by atoms with van der Waals surface area (Å²) >= 11 is 2.21. The molecule has 0 bridgehead atoms. The number of carbonyl (C=O) groups excluding carboxylic acids is 1. The minimum absolute atomic E-state index is 0.0173. The average molecular weight is 341 g/mol. The number of Topliss-reactive ketones (excluding diaryl/α,β-unsaturated/α-hetero) is 1. The van der Waals surface area contributed by atoms with Gasteiger partial charge < -0.3 is 9.30 Å². The Kier molecular flexibility index (Phi) is 3.83. The van der Waals surface area contributed by atoms with Gasteiger partial charge in [-0.05, 0) is 52.9 Å². The van der Waals surface area contributed by atoms with E-state index in [0.717, 1.165) is 9.32 Å². The van der Waals surface area contributed by atoms with Crippen LogP contribution in [0.2, 0.25) is 0 Å². The van der Waals surface area contributed by atoms with Crippen molar-refractivity contribution < 1.29 is 9.53 Å². The van der Waals surface area contributed by atoms with Crippen molar-refractivity contribution >= 4 is 28.4 Å². The smallest absolute Gasteiger partial charge is 0.216 e. The Hall–Kier alpha value is -1.30. The van der Waals surface area contributed by atoms with Crippen molar-refractivity contribution in [3.05, 3.63) is 51.9 Å². The highest BCUT2D eigenvalue weighted by atomic mass is 127. The highest BCUT2D eigenvalue weighted by molar-refractivity contribution is 14.1. The standard InChI is InChI=1S/C13H12INO2/c1-15-7-3-6-12(15)13(16)9-17-11-5-2-4-10(14)8-11/h2-8H,9H2,1H3. The number of halogens is 1. The molecule has 4 heteroatoms. The average Bonchev–Trinajstić information content (AvgIpc) is 2.72. The normalized spacial score (nSPS) is 10.2. The zero-order valence-electron chi connectivity index (χ0n) is 9.39. The van der Waals surface area contributed by atoms with E-state index in [1.54, 1.807) is 10.6 Å². The summed E-state index contributed by atoms with van der Waals surface area (Å²) in [5.41, 5.74) is 0.663. The van der Waals surface area contributed by atoms with Gasteiger partial charge in [0, 0.05) is 16.8 Å². The van der Waals surface area contributed by atoms with Crippen molar-refractivity contribution in [2.24, 2.45) is 7.05 Å². The zero-order chi connectivity index (χ0) is 12.3. The van der Waals surface area contributed by atoms with Gasteiger partial charge >= 0.3 is 0 Å². The lowest BCUT2D eigenvalue weighted by Crippen LogP contribution is -2.14. The first-order valence-corrected chi connectivity index (χ1v) is 6.27. The lowest BCUT2D eigenvalue weighted by molar-refractivity contribution is 0.0913. The Balaban J connectivity index is 1.99. The van der Waals surface area contributed by atoms with Crippen LogP contribution in [0.5, 0.6) is 5.75 Å². The second kappa shape index (κ2) is 5.35. The highest BCUT2D eigenvalue weighted by Crippen LogP contribution is 2.15. The minimum Gasteiger partial charge on any atom is -0.485 e. The molecule has 0 aliphatic rings. The predicted octanol–water partition coefficient (Wildman–Crippen LogP) is 2.89. The quantitative estimate of drug-likeness (QED) is 0.633. The van der Waals surface area contributed by atoms with Gasteiger partial charge in [-0.15, -0.1) is 0 Å². The van der Waals surface area contributed by atoms with Gasteiger partial charge in [-0.2, -0.15) is 0 Å². The molecule has 1 aromatic heterocycles. The van der Waals surface area contributed by atoms with E-state index in [1.165, 1.54) is 0 Å². The Morgan fingerprint density at radius 2 is 2.18 bits per heavy atom. The first-order valence-electron chi connectivity index (χ1n) is 5.20. The monoisotopic (exact) mass is 341 g/mol. The summed E-state index contributed by atoms with van der Waals surface area (Å²) in [5, 5.41) is 0. The van der Waals surface area contributed by atoms with E-state index in [2.05, 4.69) is 22.6 Å². The van der Waals surface area contributed by atoms with Gasteiger partial charge in [0.2, 0.25) is 5.78 Å². The molecule has 0 amide bonds. The summed E-state index contributed by atoms with van der Waals surface area (Å²) in [6.45, 7) is 0.0674. The first kappa shape index (κ1) is 12.2. The van der Waals surface area contributed by atoms with E-state index < -0.39 is 0 Å². The fourth-order valence-corrected chi connectivity index (χ4v) is 2.04. The maximum Gasteiger partial charge on any atom is 0.216 e. The van der Waals surface area contributed by atoms with Gasteiger partial charge in [-0.3, -0.25) is 4.79 Å². The third-order valence-corrected chi connectivity index (χ3v) is 3.07. The lowest BCUT2D eigenvalue weighted by Gasteiger charge is -2.06. The molecule has 0 aliphatic carbocycles. The van der Waals surface area contributed by atoms with Gasteiger partial charge in [0.05, 0.1) is 5.69 Å².